The van der Waals surface area contributed by atoms with Crippen LogP contribution in [0.5, 0.6) is 5.75 Å². The average molecular weight is 550 g/mol. The molecular weight excluding hydrogens is 513 g/mol. The van der Waals surface area contributed by atoms with Crippen LogP contribution in [0.4, 0.5) is 5.82 Å². The van der Waals surface area contributed by atoms with Crippen molar-refractivity contribution in [1.29, 1.82) is 0 Å². The Morgan fingerprint density at radius 1 is 1.06 bits per heavy atom. The number of pyridine rings is 1. The summed E-state index contributed by atoms with van der Waals surface area (Å²) >= 11 is 0. The van der Waals surface area contributed by atoms with Gasteiger partial charge in [-0.1, -0.05) is 31.0 Å². The van der Waals surface area contributed by atoms with Crippen molar-refractivity contribution in [2.24, 2.45) is 4.99 Å². The molecule has 32 heavy (non-hydrogen) atoms. The van der Waals surface area contributed by atoms with Crippen molar-refractivity contribution in [1.82, 2.24) is 15.6 Å². The molecule has 1 aromatic heterocycles. The standard InChI is InChI=1S/C25H35N5O.HI/c1-2-26-25(27-13-11-20-7-9-23-22(17-20)12-16-31-23)29-19-21-8-10-24(28-18-21)30-14-5-3-4-6-15-30;/h7-10,17-18H,2-6,11-16,19H2,1H3,(H2,26,27,29);1H. The number of aromatic nitrogens is 1. The lowest BCUT2D eigenvalue weighted by molar-refractivity contribution is 0.357. The first-order chi connectivity index (χ1) is 15.3. The first-order valence-corrected chi connectivity index (χ1v) is 11.8. The third kappa shape index (κ3) is 6.98. The summed E-state index contributed by atoms with van der Waals surface area (Å²) in [6, 6.07) is 10.8. The van der Waals surface area contributed by atoms with Crippen molar-refractivity contribution in [2.45, 2.75) is 52.0 Å². The maximum absolute atomic E-state index is 5.60. The minimum atomic E-state index is 0. The summed E-state index contributed by atoms with van der Waals surface area (Å²) in [7, 11) is 0. The van der Waals surface area contributed by atoms with Crippen LogP contribution in [0.2, 0.25) is 0 Å². The van der Waals surface area contributed by atoms with Crippen molar-refractivity contribution < 1.29 is 4.74 Å². The van der Waals surface area contributed by atoms with E-state index in [1.165, 1.54) is 36.8 Å². The van der Waals surface area contributed by atoms with Gasteiger partial charge in [-0.25, -0.2) is 9.98 Å². The quantitative estimate of drug-likeness (QED) is 0.306. The van der Waals surface area contributed by atoms with Crippen molar-refractivity contribution in [2.75, 3.05) is 37.7 Å². The molecule has 0 unspecified atom stereocenters. The highest BCUT2D eigenvalue weighted by molar-refractivity contribution is 14.0. The number of aliphatic imine (C=N–C) groups is 1. The van der Waals surface area contributed by atoms with E-state index in [4.69, 9.17) is 14.7 Å². The number of hydrogen-bond donors (Lipinski definition) is 2. The van der Waals surface area contributed by atoms with E-state index in [0.717, 1.165) is 68.7 Å². The summed E-state index contributed by atoms with van der Waals surface area (Å²) in [5.74, 6) is 2.99. The molecule has 1 aromatic carbocycles. The van der Waals surface area contributed by atoms with E-state index in [2.05, 4.69) is 52.8 Å². The molecule has 2 aliphatic rings. The largest absolute Gasteiger partial charge is 0.493 e. The van der Waals surface area contributed by atoms with Crippen LogP contribution in [-0.2, 0) is 19.4 Å². The Labute approximate surface area is 209 Å². The lowest BCUT2D eigenvalue weighted by atomic mass is 10.1. The van der Waals surface area contributed by atoms with E-state index in [1.54, 1.807) is 0 Å². The fourth-order valence-electron chi connectivity index (χ4n) is 4.23. The van der Waals surface area contributed by atoms with Crippen LogP contribution in [0.1, 0.15) is 49.3 Å². The van der Waals surface area contributed by atoms with E-state index < -0.39 is 0 Å². The Morgan fingerprint density at radius 3 is 2.62 bits per heavy atom. The minimum absolute atomic E-state index is 0. The van der Waals surface area contributed by atoms with Crippen molar-refractivity contribution in [3.63, 3.8) is 0 Å². The molecule has 1 saturated heterocycles. The number of halogens is 1. The fourth-order valence-corrected chi connectivity index (χ4v) is 4.23. The van der Waals surface area contributed by atoms with Gasteiger partial charge in [0.05, 0.1) is 13.2 Å². The Kier molecular flexibility index (Phi) is 9.89. The highest BCUT2D eigenvalue weighted by atomic mass is 127. The van der Waals surface area contributed by atoms with Gasteiger partial charge in [0.25, 0.3) is 0 Å². The van der Waals surface area contributed by atoms with E-state index in [-0.39, 0.29) is 24.0 Å². The van der Waals surface area contributed by atoms with Gasteiger partial charge < -0.3 is 20.3 Å². The lowest BCUT2D eigenvalue weighted by Crippen LogP contribution is -2.38. The van der Waals surface area contributed by atoms with E-state index in [9.17, 15) is 0 Å². The van der Waals surface area contributed by atoms with Crippen molar-refractivity contribution in [3.05, 3.63) is 53.2 Å². The summed E-state index contributed by atoms with van der Waals surface area (Å²) in [6.45, 7) is 7.45. The molecule has 0 spiro atoms. The SMILES string of the molecule is CCNC(=NCc1ccc(N2CCCCCC2)nc1)NCCc1ccc2c(c1)CCO2.I. The molecule has 0 bridgehead atoms. The predicted octanol–water partition coefficient (Wildman–Crippen LogP) is 4.31. The highest BCUT2D eigenvalue weighted by Crippen LogP contribution is 2.25. The number of fused-ring (bicyclic) bond motifs is 1. The Hall–Kier alpha value is -2.03. The molecule has 4 rings (SSSR count). The number of guanidine groups is 1. The molecule has 0 radical (unpaired) electrons. The molecule has 2 N–H and O–H groups in total. The summed E-state index contributed by atoms with van der Waals surface area (Å²) in [5, 5.41) is 6.80. The second-order valence-corrected chi connectivity index (χ2v) is 8.34. The van der Waals surface area contributed by atoms with Gasteiger partial charge in [0.1, 0.15) is 11.6 Å². The van der Waals surface area contributed by atoms with Crippen molar-refractivity contribution >= 4 is 35.8 Å². The van der Waals surface area contributed by atoms with Crippen LogP contribution in [0.25, 0.3) is 0 Å². The summed E-state index contributed by atoms with van der Waals surface area (Å²) in [5.41, 5.74) is 3.80. The molecule has 2 aliphatic heterocycles. The number of hydrogen-bond acceptors (Lipinski definition) is 4. The first-order valence-electron chi connectivity index (χ1n) is 11.8. The normalized spacial score (nSPS) is 15.9. The van der Waals surface area contributed by atoms with Crippen LogP contribution < -0.4 is 20.3 Å². The minimum Gasteiger partial charge on any atom is -0.493 e. The number of benzene rings is 1. The third-order valence-electron chi connectivity index (χ3n) is 5.96. The molecule has 6 nitrogen and oxygen atoms in total. The van der Waals surface area contributed by atoms with Gasteiger partial charge in [-0.2, -0.15) is 0 Å². The van der Waals surface area contributed by atoms with Crippen LogP contribution >= 0.6 is 24.0 Å². The van der Waals surface area contributed by atoms with Gasteiger partial charge >= 0.3 is 0 Å². The van der Waals surface area contributed by atoms with Gasteiger partial charge in [0.2, 0.25) is 0 Å². The molecule has 0 atom stereocenters. The Morgan fingerprint density at radius 2 is 1.88 bits per heavy atom. The van der Waals surface area contributed by atoms with Crippen LogP contribution in [0, 0.1) is 0 Å². The summed E-state index contributed by atoms with van der Waals surface area (Å²) in [4.78, 5) is 11.9. The summed E-state index contributed by atoms with van der Waals surface area (Å²) < 4.78 is 5.60. The third-order valence-corrected chi connectivity index (χ3v) is 5.96. The zero-order chi connectivity index (χ0) is 21.3. The van der Waals surface area contributed by atoms with Crippen LogP contribution in [-0.4, -0.2) is 43.7 Å². The molecular formula is C25H36IN5O. The molecule has 2 aromatic rings. The zero-order valence-electron chi connectivity index (χ0n) is 19.1. The molecule has 7 heteroatoms. The maximum Gasteiger partial charge on any atom is 0.191 e. The molecule has 1 fully saturated rings. The van der Waals surface area contributed by atoms with Gasteiger partial charge in [-0.05, 0) is 55.0 Å². The molecule has 174 valence electrons. The van der Waals surface area contributed by atoms with E-state index in [1.807, 2.05) is 6.20 Å². The topological polar surface area (TPSA) is 61.8 Å². The molecule has 0 aliphatic carbocycles. The van der Waals surface area contributed by atoms with Gasteiger partial charge in [0.15, 0.2) is 5.96 Å². The monoisotopic (exact) mass is 549 g/mol. The number of anilines is 1. The molecule has 3 heterocycles. The van der Waals surface area contributed by atoms with Crippen molar-refractivity contribution in [3.8, 4) is 5.75 Å². The predicted molar refractivity (Wildman–Crippen MR) is 142 cm³/mol. The number of ether oxygens (including phenoxy) is 1. The smallest absolute Gasteiger partial charge is 0.191 e. The summed E-state index contributed by atoms with van der Waals surface area (Å²) in [6.07, 6.45) is 9.17. The molecule has 0 saturated carbocycles. The number of nitrogens with one attached hydrogen (secondary N) is 2. The highest BCUT2D eigenvalue weighted by Gasteiger charge is 2.12. The fraction of sp³-hybridized carbons (Fsp3) is 0.520. The van der Waals surface area contributed by atoms with Gasteiger partial charge in [-0.3, -0.25) is 0 Å². The molecule has 0 amide bonds. The average Bonchev–Trinajstić information content (AvgIpc) is 3.09. The van der Waals surface area contributed by atoms with Crippen LogP contribution in [0.3, 0.4) is 0 Å². The Bertz CT molecular complexity index is 863. The number of nitrogens with zero attached hydrogens (tertiary/aromatic N) is 3. The van der Waals surface area contributed by atoms with Gasteiger partial charge in [0, 0.05) is 38.8 Å². The van der Waals surface area contributed by atoms with Gasteiger partial charge in [-0.15, -0.1) is 24.0 Å². The lowest BCUT2D eigenvalue weighted by Gasteiger charge is -2.21. The van der Waals surface area contributed by atoms with E-state index >= 15 is 0 Å². The number of rotatable bonds is 7. The van der Waals surface area contributed by atoms with E-state index in [0.29, 0.717) is 6.54 Å². The van der Waals surface area contributed by atoms with Crippen LogP contribution in [0.15, 0.2) is 41.5 Å². The Balaban J connectivity index is 0.00000289. The second-order valence-electron chi connectivity index (χ2n) is 8.34. The maximum atomic E-state index is 5.60. The first kappa shape index (κ1) is 24.6. The zero-order valence-corrected chi connectivity index (χ0v) is 21.4. The second kappa shape index (κ2) is 12.9.